The Morgan fingerprint density at radius 2 is 2.21 bits per heavy atom. The summed E-state index contributed by atoms with van der Waals surface area (Å²) in [5, 5.41) is 12.5. The largest absolute Gasteiger partial charge is 0.494 e. The second-order valence-electron chi connectivity index (χ2n) is 8.67. The van der Waals surface area contributed by atoms with Crippen LogP contribution >= 0.6 is 11.3 Å². The highest BCUT2D eigenvalue weighted by Crippen LogP contribution is 2.41. The summed E-state index contributed by atoms with van der Waals surface area (Å²) in [4.78, 5) is 25.6. The molecule has 2 N–H and O–H groups in total. The van der Waals surface area contributed by atoms with Crippen LogP contribution < -0.4 is 10.1 Å². The minimum absolute atomic E-state index is 0.114. The van der Waals surface area contributed by atoms with Gasteiger partial charge < -0.3 is 19.7 Å². The number of fused-ring (bicyclic) bond motifs is 4. The molecule has 1 aliphatic rings. The van der Waals surface area contributed by atoms with Gasteiger partial charge in [-0.3, -0.25) is 5.10 Å². The van der Waals surface area contributed by atoms with E-state index in [4.69, 9.17) is 9.47 Å². The Kier molecular flexibility index (Phi) is 5.99. The molecule has 0 saturated heterocycles. The van der Waals surface area contributed by atoms with Crippen molar-refractivity contribution < 1.29 is 14.3 Å². The number of carbonyl (C=O) groups is 1. The van der Waals surface area contributed by atoms with Crippen LogP contribution in [0.5, 0.6) is 5.75 Å². The predicted molar refractivity (Wildman–Crippen MR) is 133 cm³/mol. The van der Waals surface area contributed by atoms with Crippen LogP contribution in [0.25, 0.3) is 21.1 Å². The van der Waals surface area contributed by atoms with Crippen LogP contribution in [-0.4, -0.2) is 57.0 Å². The van der Waals surface area contributed by atoms with Crippen LogP contribution in [0.3, 0.4) is 0 Å². The normalized spacial score (nSPS) is 15.5. The maximum atomic E-state index is 12.6. The second-order valence-corrected chi connectivity index (χ2v) is 9.75. The fourth-order valence-electron chi connectivity index (χ4n) is 4.56. The van der Waals surface area contributed by atoms with E-state index in [-0.39, 0.29) is 18.2 Å². The fraction of sp³-hybridized carbons (Fsp3) is 0.417. The van der Waals surface area contributed by atoms with E-state index < -0.39 is 0 Å². The van der Waals surface area contributed by atoms with Crippen LogP contribution in [0.1, 0.15) is 37.6 Å². The summed E-state index contributed by atoms with van der Waals surface area (Å²) >= 11 is 1.65. The number of H-pyrrole nitrogens is 1. The van der Waals surface area contributed by atoms with E-state index in [0.29, 0.717) is 18.7 Å². The van der Waals surface area contributed by atoms with Gasteiger partial charge in [0, 0.05) is 35.3 Å². The number of amides is 1. The molecule has 5 rings (SSSR count). The number of anilines is 2. The molecule has 4 aromatic rings. The standard InChI is InChI=1S/C24H28N6O3S/c1-5-30(13(2)3)24(31)33-15-6-7-16-20(9-15)34-23-21(16)22(25-12-26-23)28-18-8-14-11-27-29-17(14)10-19(18)32-4/h8,10-13,15H,5-7,9H2,1-4H3,(H,27,29)(H,25,26,28). The maximum Gasteiger partial charge on any atom is 0.410 e. The molecule has 3 aromatic heterocycles. The van der Waals surface area contributed by atoms with Gasteiger partial charge in [0.15, 0.2) is 0 Å². The zero-order chi connectivity index (χ0) is 23.8. The molecule has 34 heavy (non-hydrogen) atoms. The van der Waals surface area contributed by atoms with Gasteiger partial charge in [0.05, 0.1) is 29.9 Å². The van der Waals surface area contributed by atoms with Gasteiger partial charge in [0.2, 0.25) is 0 Å². The van der Waals surface area contributed by atoms with Gasteiger partial charge in [0.25, 0.3) is 0 Å². The third-order valence-electron chi connectivity index (χ3n) is 6.28. The first-order chi connectivity index (χ1) is 16.5. The van der Waals surface area contributed by atoms with Gasteiger partial charge in [-0.25, -0.2) is 14.8 Å². The number of hydrogen-bond acceptors (Lipinski definition) is 8. The summed E-state index contributed by atoms with van der Waals surface area (Å²) in [5.74, 6) is 1.45. The van der Waals surface area contributed by atoms with Gasteiger partial charge >= 0.3 is 6.09 Å². The van der Waals surface area contributed by atoms with Crippen LogP contribution in [0.2, 0.25) is 0 Å². The quantitative estimate of drug-likeness (QED) is 0.398. The van der Waals surface area contributed by atoms with Crippen molar-refractivity contribution in [3.63, 3.8) is 0 Å². The number of thiophene rings is 1. The molecule has 0 saturated carbocycles. The number of nitrogens with one attached hydrogen (secondary N) is 2. The van der Waals surface area contributed by atoms with Gasteiger partial charge in [-0.05, 0) is 45.2 Å². The number of methoxy groups -OCH3 is 1. The number of rotatable bonds is 6. The molecule has 3 heterocycles. The SMILES string of the molecule is CCN(C(=O)OC1CCc2c(sc3ncnc(Nc4cc5cn[nH]c5cc4OC)c23)C1)C(C)C. The highest BCUT2D eigenvalue weighted by molar-refractivity contribution is 7.19. The first kappa shape index (κ1) is 22.4. The molecule has 1 atom stereocenters. The summed E-state index contributed by atoms with van der Waals surface area (Å²) in [6.45, 7) is 6.61. The van der Waals surface area contributed by atoms with Crippen molar-refractivity contribution in [3.8, 4) is 5.75 Å². The van der Waals surface area contributed by atoms with Crippen LogP contribution in [0.15, 0.2) is 24.7 Å². The van der Waals surface area contributed by atoms with Crippen molar-refractivity contribution in [1.82, 2.24) is 25.1 Å². The lowest BCUT2D eigenvalue weighted by molar-refractivity contribution is 0.0512. The fourth-order valence-corrected chi connectivity index (χ4v) is 5.81. The summed E-state index contributed by atoms with van der Waals surface area (Å²) in [6, 6.07) is 4.03. The molecule has 10 heteroatoms. The minimum atomic E-state index is -0.240. The Morgan fingerprint density at radius 1 is 1.35 bits per heavy atom. The van der Waals surface area contributed by atoms with Crippen LogP contribution in [0.4, 0.5) is 16.3 Å². The molecular weight excluding hydrogens is 452 g/mol. The lowest BCUT2D eigenvalue weighted by Gasteiger charge is -2.29. The first-order valence-electron chi connectivity index (χ1n) is 11.5. The van der Waals surface area contributed by atoms with E-state index >= 15 is 0 Å². The third-order valence-corrected chi connectivity index (χ3v) is 7.44. The zero-order valence-electron chi connectivity index (χ0n) is 19.7. The van der Waals surface area contributed by atoms with E-state index in [0.717, 1.165) is 45.5 Å². The van der Waals surface area contributed by atoms with Gasteiger partial charge in [-0.1, -0.05) is 0 Å². The Hall–Kier alpha value is -3.40. The van der Waals surface area contributed by atoms with Gasteiger partial charge in [0.1, 0.15) is 28.8 Å². The number of hydrogen-bond donors (Lipinski definition) is 2. The Labute approximate surface area is 201 Å². The second kappa shape index (κ2) is 9.09. The third kappa shape index (κ3) is 4.02. The molecule has 0 radical (unpaired) electrons. The van der Waals surface area contributed by atoms with Crippen LogP contribution in [-0.2, 0) is 17.6 Å². The van der Waals surface area contributed by atoms with Crippen molar-refractivity contribution in [2.24, 2.45) is 0 Å². The van der Waals surface area contributed by atoms with E-state index in [1.807, 2.05) is 32.9 Å². The molecule has 0 fully saturated rings. The van der Waals surface area contributed by atoms with E-state index in [1.54, 1.807) is 35.9 Å². The smallest absolute Gasteiger partial charge is 0.410 e. The molecular formula is C24H28N6O3S. The molecule has 9 nitrogen and oxygen atoms in total. The summed E-state index contributed by atoms with van der Waals surface area (Å²) < 4.78 is 11.5. The van der Waals surface area contributed by atoms with Crippen molar-refractivity contribution >= 4 is 50.1 Å². The monoisotopic (exact) mass is 480 g/mol. The van der Waals surface area contributed by atoms with Crippen molar-refractivity contribution in [2.45, 2.75) is 52.2 Å². The first-order valence-corrected chi connectivity index (χ1v) is 12.3. The molecule has 0 spiro atoms. The number of aryl methyl sites for hydroxylation is 1. The van der Waals surface area contributed by atoms with Crippen molar-refractivity contribution in [2.75, 3.05) is 19.0 Å². The minimum Gasteiger partial charge on any atom is -0.494 e. The molecule has 1 aromatic carbocycles. The highest BCUT2D eigenvalue weighted by atomic mass is 32.1. The number of aromatic nitrogens is 4. The highest BCUT2D eigenvalue weighted by Gasteiger charge is 2.29. The summed E-state index contributed by atoms with van der Waals surface area (Å²) in [5.41, 5.74) is 2.95. The van der Waals surface area contributed by atoms with E-state index in [9.17, 15) is 4.79 Å². The number of benzene rings is 1. The van der Waals surface area contributed by atoms with Crippen molar-refractivity contribution in [3.05, 3.63) is 35.1 Å². The van der Waals surface area contributed by atoms with Crippen molar-refractivity contribution in [1.29, 1.82) is 0 Å². The Morgan fingerprint density at radius 3 is 2.97 bits per heavy atom. The lowest BCUT2D eigenvalue weighted by atomic mass is 9.94. The molecule has 0 aliphatic heterocycles. The average Bonchev–Trinajstić information content (AvgIpc) is 3.42. The molecule has 1 amide bonds. The predicted octanol–water partition coefficient (Wildman–Crippen LogP) is 5.04. The van der Waals surface area contributed by atoms with Gasteiger partial charge in [-0.15, -0.1) is 11.3 Å². The summed E-state index contributed by atoms with van der Waals surface area (Å²) in [6.07, 6.45) is 5.27. The summed E-state index contributed by atoms with van der Waals surface area (Å²) in [7, 11) is 1.64. The van der Waals surface area contributed by atoms with E-state index in [1.165, 1.54) is 10.4 Å². The molecule has 0 bridgehead atoms. The maximum absolute atomic E-state index is 12.6. The lowest BCUT2D eigenvalue weighted by Crippen LogP contribution is -2.40. The Bertz CT molecular complexity index is 1350. The topological polar surface area (TPSA) is 105 Å². The zero-order valence-corrected chi connectivity index (χ0v) is 20.5. The molecule has 1 unspecified atom stereocenters. The molecule has 1 aliphatic carbocycles. The Balaban J connectivity index is 1.43. The number of nitrogens with zero attached hydrogens (tertiary/aromatic N) is 4. The van der Waals surface area contributed by atoms with Gasteiger partial charge in [-0.2, -0.15) is 5.10 Å². The van der Waals surface area contributed by atoms with E-state index in [2.05, 4.69) is 25.5 Å². The van der Waals surface area contributed by atoms with Crippen LogP contribution in [0, 0.1) is 0 Å². The average molecular weight is 481 g/mol. The number of carbonyl (C=O) groups excluding carboxylic acids is 1. The number of aromatic amines is 1. The number of ether oxygens (including phenoxy) is 2. The molecule has 178 valence electrons.